The molecule has 1 fully saturated rings. The number of thiophene rings is 1. The Bertz CT molecular complexity index is 771. The van der Waals surface area contributed by atoms with Gasteiger partial charge in [0.15, 0.2) is 0 Å². The summed E-state index contributed by atoms with van der Waals surface area (Å²) in [5, 5.41) is 3.06. The fourth-order valence-corrected chi connectivity index (χ4v) is 4.70. The SMILES string of the molecule is CC(C)N1Cc2cc(C(=O)NCc3ccc(N4CCOCC4)cc3)sc2C1. The minimum Gasteiger partial charge on any atom is -0.378 e. The van der Waals surface area contributed by atoms with Gasteiger partial charge in [0.25, 0.3) is 5.91 Å². The molecule has 0 atom stereocenters. The number of amides is 1. The van der Waals surface area contributed by atoms with Crippen molar-refractivity contribution >= 4 is 22.9 Å². The monoisotopic (exact) mass is 385 g/mol. The van der Waals surface area contributed by atoms with Crippen molar-refractivity contribution in [3.05, 3.63) is 51.2 Å². The number of morpholine rings is 1. The maximum absolute atomic E-state index is 12.5. The molecule has 4 rings (SSSR count). The molecule has 0 unspecified atom stereocenters. The third-order valence-corrected chi connectivity index (χ3v) is 6.50. The number of rotatable bonds is 5. The molecular weight excluding hydrogens is 358 g/mol. The molecule has 1 aromatic heterocycles. The van der Waals surface area contributed by atoms with Gasteiger partial charge in [0.2, 0.25) is 0 Å². The number of carbonyl (C=O) groups excluding carboxylic acids is 1. The largest absolute Gasteiger partial charge is 0.378 e. The predicted octanol–water partition coefficient (Wildman–Crippen LogP) is 3.24. The van der Waals surface area contributed by atoms with E-state index in [-0.39, 0.29) is 5.91 Å². The van der Waals surface area contributed by atoms with Crippen molar-refractivity contribution in [3.8, 4) is 0 Å². The zero-order valence-electron chi connectivity index (χ0n) is 16.0. The Morgan fingerprint density at radius 2 is 1.93 bits per heavy atom. The fraction of sp³-hybridized carbons (Fsp3) is 0.476. The van der Waals surface area contributed by atoms with E-state index < -0.39 is 0 Å². The molecule has 27 heavy (non-hydrogen) atoms. The van der Waals surface area contributed by atoms with Gasteiger partial charge in [-0.2, -0.15) is 0 Å². The second-order valence-corrected chi connectivity index (χ2v) is 8.64. The molecule has 6 heteroatoms. The Morgan fingerprint density at radius 3 is 2.59 bits per heavy atom. The molecule has 1 N–H and O–H groups in total. The summed E-state index contributed by atoms with van der Waals surface area (Å²) >= 11 is 1.64. The van der Waals surface area contributed by atoms with Gasteiger partial charge < -0.3 is 15.0 Å². The standard InChI is InChI=1S/C21H27N3O2S/c1-15(2)24-13-17-11-19(27-20(17)14-24)21(25)22-12-16-3-5-18(6-4-16)23-7-9-26-10-8-23/h3-6,11,15H,7-10,12-14H2,1-2H3,(H,22,25). The maximum Gasteiger partial charge on any atom is 0.261 e. The number of hydrogen-bond acceptors (Lipinski definition) is 5. The van der Waals surface area contributed by atoms with Crippen molar-refractivity contribution in [1.29, 1.82) is 0 Å². The summed E-state index contributed by atoms with van der Waals surface area (Å²) in [5.74, 6) is 0.0303. The second-order valence-electron chi connectivity index (χ2n) is 7.51. The first-order chi connectivity index (χ1) is 13.1. The molecule has 1 amide bonds. The number of carbonyl (C=O) groups is 1. The van der Waals surface area contributed by atoms with Crippen LogP contribution in [0.2, 0.25) is 0 Å². The van der Waals surface area contributed by atoms with E-state index in [1.165, 1.54) is 16.1 Å². The molecule has 144 valence electrons. The summed E-state index contributed by atoms with van der Waals surface area (Å²) < 4.78 is 5.40. The minimum atomic E-state index is 0.0303. The molecule has 1 aromatic carbocycles. The number of fused-ring (bicyclic) bond motifs is 1. The van der Waals surface area contributed by atoms with Crippen LogP contribution in [-0.4, -0.2) is 43.2 Å². The highest BCUT2D eigenvalue weighted by Crippen LogP contribution is 2.32. The number of anilines is 1. The zero-order valence-corrected chi connectivity index (χ0v) is 16.8. The number of nitrogens with zero attached hydrogens (tertiary/aromatic N) is 2. The van der Waals surface area contributed by atoms with E-state index >= 15 is 0 Å². The molecule has 5 nitrogen and oxygen atoms in total. The Hall–Kier alpha value is -1.89. The van der Waals surface area contributed by atoms with E-state index in [2.05, 4.69) is 59.3 Å². The van der Waals surface area contributed by atoms with E-state index in [0.29, 0.717) is 12.6 Å². The highest BCUT2D eigenvalue weighted by molar-refractivity contribution is 7.14. The highest BCUT2D eigenvalue weighted by Gasteiger charge is 2.25. The maximum atomic E-state index is 12.5. The van der Waals surface area contributed by atoms with E-state index in [1.54, 1.807) is 11.3 Å². The molecule has 0 aliphatic carbocycles. The quantitative estimate of drug-likeness (QED) is 0.858. The number of hydrogen-bond donors (Lipinski definition) is 1. The summed E-state index contributed by atoms with van der Waals surface area (Å²) in [4.78, 5) is 19.4. The molecule has 2 aromatic rings. The number of nitrogens with one attached hydrogen (secondary N) is 1. The molecule has 3 heterocycles. The van der Waals surface area contributed by atoms with Gasteiger partial charge in [0.1, 0.15) is 0 Å². The Balaban J connectivity index is 1.31. The average molecular weight is 386 g/mol. The van der Waals surface area contributed by atoms with Crippen molar-refractivity contribution in [2.24, 2.45) is 0 Å². The summed E-state index contributed by atoms with van der Waals surface area (Å²) in [7, 11) is 0. The van der Waals surface area contributed by atoms with Crippen molar-refractivity contribution < 1.29 is 9.53 Å². The predicted molar refractivity (Wildman–Crippen MR) is 109 cm³/mol. The number of ether oxygens (including phenoxy) is 1. The van der Waals surface area contributed by atoms with E-state index in [1.807, 2.05) is 0 Å². The van der Waals surface area contributed by atoms with Gasteiger partial charge in [0.05, 0.1) is 18.1 Å². The lowest BCUT2D eigenvalue weighted by molar-refractivity contribution is 0.0954. The summed E-state index contributed by atoms with van der Waals surface area (Å²) in [6, 6.07) is 11.1. The molecule has 1 saturated heterocycles. The molecule has 0 spiro atoms. The molecule has 0 radical (unpaired) electrons. The van der Waals surface area contributed by atoms with Gasteiger partial charge in [-0.1, -0.05) is 12.1 Å². The molecule has 2 aliphatic rings. The lowest BCUT2D eigenvalue weighted by Gasteiger charge is -2.28. The van der Waals surface area contributed by atoms with Crippen molar-refractivity contribution in [3.63, 3.8) is 0 Å². The fourth-order valence-electron chi connectivity index (χ4n) is 3.59. The Kier molecular flexibility index (Phi) is 5.48. The van der Waals surface area contributed by atoms with Crippen LogP contribution in [0.4, 0.5) is 5.69 Å². The van der Waals surface area contributed by atoms with E-state index in [4.69, 9.17) is 4.74 Å². The van der Waals surface area contributed by atoms with Gasteiger partial charge in [-0.3, -0.25) is 9.69 Å². The normalized spacial score (nSPS) is 17.4. The smallest absolute Gasteiger partial charge is 0.261 e. The van der Waals surface area contributed by atoms with Crippen LogP contribution in [0.5, 0.6) is 0 Å². The Labute approximate surface area is 164 Å². The lowest BCUT2D eigenvalue weighted by Crippen LogP contribution is -2.36. The first-order valence-corrected chi connectivity index (χ1v) is 10.5. The molecule has 2 aliphatic heterocycles. The highest BCUT2D eigenvalue weighted by atomic mass is 32.1. The van der Waals surface area contributed by atoms with Crippen LogP contribution in [0.3, 0.4) is 0 Å². The topological polar surface area (TPSA) is 44.8 Å². The summed E-state index contributed by atoms with van der Waals surface area (Å²) in [6.07, 6.45) is 0. The van der Waals surface area contributed by atoms with Crippen LogP contribution in [0.1, 0.15) is 39.5 Å². The van der Waals surface area contributed by atoms with Crippen LogP contribution in [0.15, 0.2) is 30.3 Å². The molecule has 0 saturated carbocycles. The van der Waals surface area contributed by atoms with Crippen LogP contribution in [-0.2, 0) is 24.4 Å². The zero-order chi connectivity index (χ0) is 18.8. The molecule has 0 bridgehead atoms. The summed E-state index contributed by atoms with van der Waals surface area (Å²) in [5.41, 5.74) is 3.65. The third kappa shape index (κ3) is 4.18. The summed E-state index contributed by atoms with van der Waals surface area (Å²) in [6.45, 7) is 10.4. The Morgan fingerprint density at radius 1 is 1.19 bits per heavy atom. The van der Waals surface area contributed by atoms with Crippen molar-refractivity contribution in [2.75, 3.05) is 31.2 Å². The van der Waals surface area contributed by atoms with Crippen LogP contribution < -0.4 is 10.2 Å². The minimum absolute atomic E-state index is 0.0303. The van der Waals surface area contributed by atoms with Crippen molar-refractivity contribution in [2.45, 2.75) is 39.5 Å². The second kappa shape index (κ2) is 8.00. The van der Waals surface area contributed by atoms with Crippen molar-refractivity contribution in [1.82, 2.24) is 10.2 Å². The molecular formula is C21H27N3O2S. The van der Waals surface area contributed by atoms with Crippen LogP contribution >= 0.6 is 11.3 Å². The lowest BCUT2D eigenvalue weighted by atomic mass is 10.2. The van der Waals surface area contributed by atoms with E-state index in [9.17, 15) is 4.79 Å². The number of benzene rings is 1. The van der Waals surface area contributed by atoms with Gasteiger partial charge in [-0.15, -0.1) is 11.3 Å². The van der Waals surface area contributed by atoms with Gasteiger partial charge in [-0.25, -0.2) is 0 Å². The first kappa shape index (κ1) is 18.5. The van der Waals surface area contributed by atoms with Crippen LogP contribution in [0, 0.1) is 0 Å². The van der Waals surface area contributed by atoms with E-state index in [0.717, 1.165) is 49.8 Å². The van der Waals surface area contributed by atoms with Gasteiger partial charge >= 0.3 is 0 Å². The van der Waals surface area contributed by atoms with Crippen LogP contribution in [0.25, 0.3) is 0 Å². The third-order valence-electron chi connectivity index (χ3n) is 5.34. The average Bonchev–Trinajstić information content (AvgIpc) is 3.27. The van der Waals surface area contributed by atoms with Gasteiger partial charge in [-0.05, 0) is 43.2 Å². The van der Waals surface area contributed by atoms with Gasteiger partial charge in [0, 0.05) is 49.3 Å². The first-order valence-electron chi connectivity index (χ1n) is 9.65.